The fourth-order valence-electron chi connectivity index (χ4n) is 1.77. The van der Waals surface area contributed by atoms with Gasteiger partial charge >= 0.3 is 0 Å². The average molecular weight is 277 g/mol. The molecule has 0 aliphatic heterocycles. The van der Waals surface area contributed by atoms with E-state index >= 15 is 0 Å². The van der Waals surface area contributed by atoms with Crippen molar-refractivity contribution in [3.05, 3.63) is 64.7 Å². The van der Waals surface area contributed by atoms with Crippen LogP contribution in [-0.2, 0) is 6.61 Å². The highest BCUT2D eigenvalue weighted by Gasteiger charge is 2.04. The van der Waals surface area contributed by atoms with E-state index in [1.165, 1.54) is 0 Å². The van der Waals surface area contributed by atoms with Gasteiger partial charge in [-0.1, -0.05) is 42.8 Å². The second-order valence-electron chi connectivity index (χ2n) is 4.41. The topological polar surface area (TPSA) is 29.5 Å². The fraction of sp³-hybridized carbons (Fsp3) is 0.250. The Kier molecular flexibility index (Phi) is 4.83. The Balaban J connectivity index is 1.94. The summed E-state index contributed by atoms with van der Waals surface area (Å²) in [5, 5.41) is 10.4. The predicted molar refractivity (Wildman–Crippen MR) is 77.5 cm³/mol. The van der Waals surface area contributed by atoms with Gasteiger partial charge in [-0.2, -0.15) is 0 Å². The van der Waals surface area contributed by atoms with Crippen LogP contribution in [0, 0.1) is 0 Å². The number of halogens is 1. The minimum absolute atomic E-state index is 0.398. The zero-order valence-electron chi connectivity index (χ0n) is 10.8. The Morgan fingerprint density at radius 1 is 1.05 bits per heavy atom. The molecule has 2 nitrogen and oxygen atoms in total. The average Bonchev–Trinajstić information content (AvgIpc) is 2.46. The molecule has 100 valence electrons. The van der Waals surface area contributed by atoms with Crippen molar-refractivity contribution < 1.29 is 9.84 Å². The normalized spacial score (nSPS) is 12.2. The maximum atomic E-state index is 9.70. The Bertz CT molecular complexity index is 505. The van der Waals surface area contributed by atoms with Crippen molar-refractivity contribution in [2.45, 2.75) is 26.1 Å². The van der Waals surface area contributed by atoms with E-state index in [-0.39, 0.29) is 0 Å². The minimum Gasteiger partial charge on any atom is -0.489 e. The van der Waals surface area contributed by atoms with Crippen LogP contribution < -0.4 is 4.74 Å². The van der Waals surface area contributed by atoms with Gasteiger partial charge < -0.3 is 9.84 Å². The third-order valence-corrected chi connectivity index (χ3v) is 3.22. The largest absolute Gasteiger partial charge is 0.489 e. The van der Waals surface area contributed by atoms with Gasteiger partial charge in [0.25, 0.3) is 0 Å². The number of rotatable bonds is 5. The van der Waals surface area contributed by atoms with Crippen LogP contribution in [0.1, 0.15) is 30.6 Å². The highest BCUT2D eigenvalue weighted by atomic mass is 35.5. The van der Waals surface area contributed by atoms with Crippen LogP contribution in [0.25, 0.3) is 0 Å². The molecule has 0 radical (unpaired) electrons. The van der Waals surface area contributed by atoms with Gasteiger partial charge in [-0.3, -0.25) is 0 Å². The van der Waals surface area contributed by atoms with Crippen molar-refractivity contribution >= 4 is 11.6 Å². The summed E-state index contributed by atoms with van der Waals surface area (Å²) < 4.78 is 5.68. The third kappa shape index (κ3) is 3.98. The molecule has 1 atom stereocenters. The summed E-state index contributed by atoms with van der Waals surface area (Å²) in [6.45, 7) is 2.46. The minimum atomic E-state index is -0.398. The Labute approximate surface area is 118 Å². The van der Waals surface area contributed by atoms with Gasteiger partial charge in [-0.05, 0) is 41.8 Å². The molecule has 19 heavy (non-hydrogen) atoms. The lowest BCUT2D eigenvalue weighted by atomic mass is 10.1. The zero-order chi connectivity index (χ0) is 13.7. The summed E-state index contributed by atoms with van der Waals surface area (Å²) >= 11 is 5.83. The molecule has 0 saturated heterocycles. The molecule has 2 aromatic rings. The lowest BCUT2D eigenvalue weighted by Gasteiger charge is -2.10. The fourth-order valence-corrected chi connectivity index (χ4v) is 1.90. The zero-order valence-corrected chi connectivity index (χ0v) is 11.6. The second-order valence-corrected chi connectivity index (χ2v) is 4.84. The molecule has 2 aromatic carbocycles. The standard InChI is InChI=1S/C16H17ClO2/c1-2-16(18)13-5-9-15(10-6-13)19-11-12-3-7-14(17)8-4-12/h3-10,16,18H,2,11H2,1H3. The smallest absolute Gasteiger partial charge is 0.119 e. The number of aliphatic hydroxyl groups is 1. The number of hydrogen-bond donors (Lipinski definition) is 1. The first-order valence-corrected chi connectivity index (χ1v) is 6.72. The summed E-state index contributed by atoms with van der Waals surface area (Å²) in [4.78, 5) is 0. The monoisotopic (exact) mass is 276 g/mol. The van der Waals surface area contributed by atoms with E-state index in [2.05, 4.69) is 0 Å². The highest BCUT2D eigenvalue weighted by Crippen LogP contribution is 2.20. The van der Waals surface area contributed by atoms with E-state index in [1.54, 1.807) is 0 Å². The van der Waals surface area contributed by atoms with E-state index in [0.717, 1.165) is 21.9 Å². The molecule has 0 spiro atoms. The molecule has 0 aliphatic rings. The summed E-state index contributed by atoms with van der Waals surface area (Å²) in [5.74, 6) is 0.794. The first kappa shape index (κ1) is 13.9. The van der Waals surface area contributed by atoms with Crippen LogP contribution in [0.4, 0.5) is 0 Å². The molecule has 1 N–H and O–H groups in total. The van der Waals surface area contributed by atoms with Crippen molar-refractivity contribution in [1.82, 2.24) is 0 Å². The molecule has 3 heteroatoms. The number of hydrogen-bond acceptors (Lipinski definition) is 2. The summed E-state index contributed by atoms with van der Waals surface area (Å²) in [6.07, 6.45) is 0.315. The van der Waals surface area contributed by atoms with Gasteiger partial charge in [0.05, 0.1) is 6.10 Å². The summed E-state index contributed by atoms with van der Waals surface area (Å²) in [6, 6.07) is 15.1. The Morgan fingerprint density at radius 2 is 1.68 bits per heavy atom. The van der Waals surface area contributed by atoms with E-state index in [9.17, 15) is 5.11 Å². The van der Waals surface area contributed by atoms with Crippen LogP contribution >= 0.6 is 11.6 Å². The molecule has 1 unspecified atom stereocenters. The van der Waals surface area contributed by atoms with Gasteiger partial charge in [0, 0.05) is 5.02 Å². The van der Waals surface area contributed by atoms with E-state index in [0.29, 0.717) is 13.0 Å². The van der Waals surface area contributed by atoms with Crippen LogP contribution in [-0.4, -0.2) is 5.11 Å². The van der Waals surface area contributed by atoms with Crippen LogP contribution in [0.5, 0.6) is 5.75 Å². The maximum Gasteiger partial charge on any atom is 0.119 e. The summed E-state index contributed by atoms with van der Waals surface area (Å²) in [7, 11) is 0. The van der Waals surface area contributed by atoms with Crippen molar-refractivity contribution in [3.8, 4) is 5.75 Å². The molecule has 0 bridgehead atoms. The molecule has 0 saturated carbocycles. The molecule has 0 aromatic heterocycles. The molecule has 0 aliphatic carbocycles. The predicted octanol–water partition coefficient (Wildman–Crippen LogP) is 4.36. The van der Waals surface area contributed by atoms with Crippen molar-refractivity contribution in [2.75, 3.05) is 0 Å². The molecule has 0 amide bonds. The van der Waals surface area contributed by atoms with Gasteiger partial charge in [-0.15, -0.1) is 0 Å². The summed E-state index contributed by atoms with van der Waals surface area (Å²) in [5.41, 5.74) is 1.99. The lowest BCUT2D eigenvalue weighted by Crippen LogP contribution is -1.97. The maximum absolute atomic E-state index is 9.70. The van der Waals surface area contributed by atoms with Gasteiger partial charge in [0.15, 0.2) is 0 Å². The number of aliphatic hydroxyl groups excluding tert-OH is 1. The molecule has 0 fully saturated rings. The Morgan fingerprint density at radius 3 is 2.26 bits per heavy atom. The molecule has 2 rings (SSSR count). The Hall–Kier alpha value is -1.51. The van der Waals surface area contributed by atoms with Gasteiger partial charge in [0.1, 0.15) is 12.4 Å². The van der Waals surface area contributed by atoms with Crippen molar-refractivity contribution in [2.24, 2.45) is 0 Å². The van der Waals surface area contributed by atoms with Gasteiger partial charge in [-0.25, -0.2) is 0 Å². The van der Waals surface area contributed by atoms with Crippen LogP contribution in [0.15, 0.2) is 48.5 Å². The first-order valence-electron chi connectivity index (χ1n) is 6.34. The second kappa shape index (κ2) is 6.60. The quantitative estimate of drug-likeness (QED) is 0.879. The van der Waals surface area contributed by atoms with Crippen molar-refractivity contribution in [1.29, 1.82) is 0 Å². The van der Waals surface area contributed by atoms with Gasteiger partial charge in [0.2, 0.25) is 0 Å². The lowest BCUT2D eigenvalue weighted by molar-refractivity contribution is 0.173. The van der Waals surface area contributed by atoms with E-state index in [1.807, 2.05) is 55.5 Å². The first-order chi connectivity index (χ1) is 9.19. The van der Waals surface area contributed by atoms with E-state index < -0.39 is 6.10 Å². The molecule has 0 heterocycles. The van der Waals surface area contributed by atoms with E-state index in [4.69, 9.17) is 16.3 Å². The molecular weight excluding hydrogens is 260 g/mol. The van der Waals surface area contributed by atoms with Crippen molar-refractivity contribution in [3.63, 3.8) is 0 Å². The number of benzene rings is 2. The number of ether oxygens (including phenoxy) is 1. The molecular formula is C16H17ClO2. The van der Waals surface area contributed by atoms with Crippen LogP contribution in [0.2, 0.25) is 5.02 Å². The van der Waals surface area contributed by atoms with Crippen LogP contribution in [0.3, 0.4) is 0 Å². The highest BCUT2D eigenvalue weighted by molar-refractivity contribution is 6.30. The SMILES string of the molecule is CCC(O)c1ccc(OCc2ccc(Cl)cc2)cc1. The third-order valence-electron chi connectivity index (χ3n) is 2.97.